The number of hydrogen-bond donors (Lipinski definition) is 2. The molecule has 5 nitrogen and oxygen atoms in total. The van der Waals surface area contributed by atoms with Crippen LogP contribution in [0.3, 0.4) is 0 Å². The van der Waals surface area contributed by atoms with Gasteiger partial charge in [-0.15, -0.1) is 0 Å². The van der Waals surface area contributed by atoms with Crippen LogP contribution in [0.4, 0.5) is 0 Å². The minimum Gasteiger partial charge on any atom is -0.481 e. The normalized spacial score (nSPS) is 20.9. The van der Waals surface area contributed by atoms with E-state index in [2.05, 4.69) is 5.32 Å². The molecule has 17 heavy (non-hydrogen) atoms. The van der Waals surface area contributed by atoms with Crippen molar-refractivity contribution in [3.8, 4) is 0 Å². The van der Waals surface area contributed by atoms with Crippen LogP contribution in [-0.4, -0.2) is 36.2 Å². The molecule has 0 saturated carbocycles. The van der Waals surface area contributed by atoms with Gasteiger partial charge >= 0.3 is 5.97 Å². The molecule has 0 aromatic rings. The largest absolute Gasteiger partial charge is 0.481 e. The summed E-state index contributed by atoms with van der Waals surface area (Å²) in [5.41, 5.74) is -0.805. The van der Waals surface area contributed by atoms with E-state index in [9.17, 15) is 9.59 Å². The van der Waals surface area contributed by atoms with Gasteiger partial charge in [0, 0.05) is 13.2 Å². The SMILES string of the molecule is CC(C)(CCNC(=O)C1CCCCO1)C(=O)O. The fraction of sp³-hybridized carbons (Fsp3) is 0.833. The number of nitrogens with one attached hydrogen (secondary N) is 1. The lowest BCUT2D eigenvalue weighted by Gasteiger charge is -2.23. The van der Waals surface area contributed by atoms with Gasteiger partial charge in [-0.05, 0) is 39.5 Å². The van der Waals surface area contributed by atoms with Crippen LogP contribution in [0.25, 0.3) is 0 Å². The molecule has 0 aliphatic carbocycles. The summed E-state index contributed by atoms with van der Waals surface area (Å²) in [6.07, 6.45) is 2.85. The van der Waals surface area contributed by atoms with Crippen LogP contribution in [0.2, 0.25) is 0 Å². The Bertz CT molecular complexity index is 282. The van der Waals surface area contributed by atoms with Crippen LogP contribution in [0.1, 0.15) is 39.5 Å². The summed E-state index contributed by atoms with van der Waals surface area (Å²) in [6, 6.07) is 0. The lowest BCUT2D eigenvalue weighted by atomic mass is 9.89. The number of ether oxygens (including phenoxy) is 1. The number of amides is 1. The first-order valence-corrected chi connectivity index (χ1v) is 6.06. The minimum atomic E-state index is -0.847. The zero-order valence-electron chi connectivity index (χ0n) is 10.5. The second kappa shape index (κ2) is 6.00. The first-order valence-electron chi connectivity index (χ1n) is 6.06. The summed E-state index contributed by atoms with van der Waals surface area (Å²) in [6.45, 7) is 4.31. The first kappa shape index (κ1) is 14.0. The molecular formula is C12H21NO4. The first-order chi connectivity index (χ1) is 7.93. The molecule has 1 aliphatic heterocycles. The van der Waals surface area contributed by atoms with Gasteiger partial charge in [-0.2, -0.15) is 0 Å². The van der Waals surface area contributed by atoms with E-state index in [0.717, 1.165) is 19.3 Å². The maximum absolute atomic E-state index is 11.7. The number of rotatable bonds is 5. The molecule has 1 saturated heterocycles. The Hall–Kier alpha value is -1.10. The number of carbonyl (C=O) groups excluding carboxylic acids is 1. The highest BCUT2D eigenvalue weighted by molar-refractivity contribution is 5.81. The molecule has 2 N–H and O–H groups in total. The third-order valence-corrected chi connectivity index (χ3v) is 3.10. The molecule has 5 heteroatoms. The quantitative estimate of drug-likeness (QED) is 0.760. The molecule has 1 aliphatic rings. The Morgan fingerprint density at radius 2 is 2.12 bits per heavy atom. The van der Waals surface area contributed by atoms with Gasteiger partial charge in [0.15, 0.2) is 0 Å². The maximum atomic E-state index is 11.7. The topological polar surface area (TPSA) is 75.6 Å². The summed E-state index contributed by atoms with van der Waals surface area (Å²) in [5, 5.41) is 11.7. The van der Waals surface area contributed by atoms with E-state index in [-0.39, 0.29) is 12.0 Å². The average molecular weight is 243 g/mol. The summed E-state index contributed by atoms with van der Waals surface area (Å²) in [5.74, 6) is -0.966. The average Bonchev–Trinajstić information content (AvgIpc) is 2.29. The highest BCUT2D eigenvalue weighted by Crippen LogP contribution is 2.19. The van der Waals surface area contributed by atoms with Crippen molar-refractivity contribution in [1.82, 2.24) is 5.32 Å². The predicted octanol–water partition coefficient (Wildman–Crippen LogP) is 1.17. The third-order valence-electron chi connectivity index (χ3n) is 3.10. The molecule has 1 amide bonds. The summed E-state index contributed by atoms with van der Waals surface area (Å²) >= 11 is 0. The molecule has 0 bridgehead atoms. The Balaban J connectivity index is 2.26. The lowest BCUT2D eigenvalue weighted by Crippen LogP contribution is -2.40. The van der Waals surface area contributed by atoms with Crippen molar-refractivity contribution in [2.45, 2.75) is 45.6 Å². The third kappa shape index (κ3) is 4.34. The molecule has 0 aromatic heterocycles. The van der Waals surface area contributed by atoms with Crippen molar-refractivity contribution in [2.75, 3.05) is 13.2 Å². The van der Waals surface area contributed by atoms with E-state index in [1.165, 1.54) is 0 Å². The minimum absolute atomic E-state index is 0.120. The van der Waals surface area contributed by atoms with Crippen molar-refractivity contribution in [3.05, 3.63) is 0 Å². The Morgan fingerprint density at radius 3 is 2.65 bits per heavy atom. The molecule has 1 fully saturated rings. The van der Waals surface area contributed by atoms with Gasteiger partial charge in [0.05, 0.1) is 5.41 Å². The van der Waals surface area contributed by atoms with Crippen molar-refractivity contribution in [1.29, 1.82) is 0 Å². The highest BCUT2D eigenvalue weighted by atomic mass is 16.5. The van der Waals surface area contributed by atoms with Crippen LogP contribution < -0.4 is 5.32 Å². The van der Waals surface area contributed by atoms with E-state index >= 15 is 0 Å². The molecule has 1 unspecified atom stereocenters. The van der Waals surface area contributed by atoms with E-state index in [1.807, 2.05) is 0 Å². The Labute approximate surface area is 102 Å². The monoisotopic (exact) mass is 243 g/mol. The van der Waals surface area contributed by atoms with Gasteiger partial charge in [0.2, 0.25) is 5.91 Å². The summed E-state index contributed by atoms with van der Waals surface area (Å²) in [7, 11) is 0. The molecule has 1 atom stereocenters. The number of carbonyl (C=O) groups is 2. The zero-order valence-corrected chi connectivity index (χ0v) is 10.5. The van der Waals surface area contributed by atoms with Crippen molar-refractivity contribution < 1.29 is 19.4 Å². The fourth-order valence-corrected chi connectivity index (χ4v) is 1.67. The van der Waals surface area contributed by atoms with Gasteiger partial charge in [-0.1, -0.05) is 0 Å². The van der Waals surface area contributed by atoms with E-state index in [4.69, 9.17) is 9.84 Å². The smallest absolute Gasteiger partial charge is 0.309 e. The number of carboxylic acid groups (broad SMARTS) is 1. The zero-order chi connectivity index (χ0) is 12.9. The molecule has 1 rings (SSSR count). The second-order valence-corrected chi connectivity index (χ2v) is 5.09. The maximum Gasteiger partial charge on any atom is 0.309 e. The molecule has 0 radical (unpaired) electrons. The van der Waals surface area contributed by atoms with Gasteiger partial charge in [-0.3, -0.25) is 9.59 Å². The number of carboxylic acids is 1. The van der Waals surface area contributed by atoms with E-state index in [1.54, 1.807) is 13.8 Å². The molecule has 1 heterocycles. The second-order valence-electron chi connectivity index (χ2n) is 5.09. The van der Waals surface area contributed by atoms with Crippen LogP contribution in [0.15, 0.2) is 0 Å². The van der Waals surface area contributed by atoms with Crippen LogP contribution in [-0.2, 0) is 14.3 Å². The molecular weight excluding hydrogens is 222 g/mol. The molecule has 0 aromatic carbocycles. The van der Waals surface area contributed by atoms with Gasteiger partial charge in [-0.25, -0.2) is 0 Å². The van der Waals surface area contributed by atoms with E-state index < -0.39 is 11.4 Å². The number of aliphatic carboxylic acids is 1. The molecule has 0 spiro atoms. The number of hydrogen-bond acceptors (Lipinski definition) is 3. The summed E-state index contributed by atoms with van der Waals surface area (Å²) < 4.78 is 5.34. The summed E-state index contributed by atoms with van der Waals surface area (Å²) in [4.78, 5) is 22.5. The van der Waals surface area contributed by atoms with Gasteiger partial charge in [0.25, 0.3) is 0 Å². The van der Waals surface area contributed by atoms with Gasteiger partial charge in [0.1, 0.15) is 6.10 Å². The van der Waals surface area contributed by atoms with Crippen LogP contribution in [0.5, 0.6) is 0 Å². The van der Waals surface area contributed by atoms with Crippen molar-refractivity contribution >= 4 is 11.9 Å². The standard InChI is InChI=1S/C12H21NO4/c1-12(2,11(15)16)6-7-13-10(14)9-5-3-4-8-17-9/h9H,3-8H2,1-2H3,(H,13,14)(H,15,16). The Morgan fingerprint density at radius 1 is 1.41 bits per heavy atom. The molecule has 98 valence electrons. The fourth-order valence-electron chi connectivity index (χ4n) is 1.67. The van der Waals surface area contributed by atoms with Crippen LogP contribution in [0, 0.1) is 5.41 Å². The van der Waals surface area contributed by atoms with E-state index in [0.29, 0.717) is 19.6 Å². The van der Waals surface area contributed by atoms with Crippen molar-refractivity contribution in [3.63, 3.8) is 0 Å². The lowest BCUT2D eigenvalue weighted by molar-refractivity contribution is -0.147. The van der Waals surface area contributed by atoms with Crippen molar-refractivity contribution in [2.24, 2.45) is 5.41 Å². The van der Waals surface area contributed by atoms with Crippen LogP contribution >= 0.6 is 0 Å². The Kier molecular flexibility index (Phi) is 4.93. The predicted molar refractivity (Wildman–Crippen MR) is 62.6 cm³/mol. The highest BCUT2D eigenvalue weighted by Gasteiger charge is 2.27. The van der Waals surface area contributed by atoms with Gasteiger partial charge < -0.3 is 15.2 Å².